The molecule has 142 valence electrons. The maximum absolute atomic E-state index is 14.4. The largest absolute Gasteiger partial charge is 0.371 e. The Bertz CT molecular complexity index is 873. The van der Waals surface area contributed by atoms with Crippen LogP contribution in [0, 0.1) is 11.2 Å². The quantitative estimate of drug-likeness (QED) is 0.604. The van der Waals surface area contributed by atoms with Gasteiger partial charge in [-0.05, 0) is 43.5 Å². The van der Waals surface area contributed by atoms with E-state index in [4.69, 9.17) is 10.1 Å². The lowest BCUT2D eigenvalue weighted by atomic mass is 9.79. The summed E-state index contributed by atoms with van der Waals surface area (Å²) in [5.74, 6) is 0.124. The van der Waals surface area contributed by atoms with E-state index in [1.807, 2.05) is 4.90 Å². The van der Waals surface area contributed by atoms with Gasteiger partial charge in [0.2, 0.25) is 5.95 Å². The molecule has 1 unspecified atom stereocenters. The zero-order valence-corrected chi connectivity index (χ0v) is 15.5. The second kappa shape index (κ2) is 7.32. The Kier molecular flexibility index (Phi) is 4.88. The van der Waals surface area contributed by atoms with Crippen LogP contribution in [-0.4, -0.2) is 45.0 Å². The van der Waals surface area contributed by atoms with Gasteiger partial charge in [-0.15, -0.1) is 0 Å². The molecule has 2 aliphatic rings. The SMILES string of the molecule is N=CS(=O)c1ccc(Nc2ncc(F)c(N3CCOC4(CCC4)C3)n2)cc1. The van der Waals surface area contributed by atoms with E-state index in [1.54, 1.807) is 24.3 Å². The molecule has 0 amide bonds. The Morgan fingerprint density at radius 3 is 2.78 bits per heavy atom. The van der Waals surface area contributed by atoms with Gasteiger partial charge in [-0.25, -0.2) is 13.6 Å². The molecular weight excluding hydrogens is 369 g/mol. The number of rotatable bonds is 5. The van der Waals surface area contributed by atoms with E-state index >= 15 is 0 Å². The van der Waals surface area contributed by atoms with Gasteiger partial charge in [-0.3, -0.25) is 5.41 Å². The Morgan fingerprint density at radius 2 is 2.11 bits per heavy atom. The van der Waals surface area contributed by atoms with E-state index in [0.717, 1.165) is 24.8 Å². The van der Waals surface area contributed by atoms with Crippen molar-refractivity contribution in [1.82, 2.24) is 9.97 Å². The third-order valence-corrected chi connectivity index (χ3v) is 5.94. The van der Waals surface area contributed by atoms with Crippen LogP contribution in [0.3, 0.4) is 0 Å². The summed E-state index contributed by atoms with van der Waals surface area (Å²) < 4.78 is 31.8. The molecule has 4 rings (SSSR count). The number of nitrogens with zero attached hydrogens (tertiary/aromatic N) is 3. The highest BCUT2D eigenvalue weighted by atomic mass is 32.2. The maximum Gasteiger partial charge on any atom is 0.229 e. The summed E-state index contributed by atoms with van der Waals surface area (Å²) in [7, 11) is -1.44. The molecule has 0 radical (unpaired) electrons. The average Bonchev–Trinajstić information content (AvgIpc) is 2.68. The number of ether oxygens (including phenoxy) is 1. The lowest BCUT2D eigenvalue weighted by Crippen LogP contribution is -2.56. The Labute approximate surface area is 158 Å². The van der Waals surface area contributed by atoms with E-state index in [2.05, 4.69) is 15.3 Å². The molecule has 2 fully saturated rings. The highest BCUT2D eigenvalue weighted by molar-refractivity contribution is 7.98. The zero-order valence-electron chi connectivity index (χ0n) is 14.7. The van der Waals surface area contributed by atoms with E-state index in [0.29, 0.717) is 36.2 Å². The number of hydrogen-bond donors (Lipinski definition) is 2. The summed E-state index contributed by atoms with van der Waals surface area (Å²) in [6, 6.07) is 6.77. The van der Waals surface area contributed by atoms with E-state index in [1.165, 1.54) is 6.20 Å². The van der Waals surface area contributed by atoms with Crippen molar-refractivity contribution in [2.75, 3.05) is 29.9 Å². The van der Waals surface area contributed by atoms with Gasteiger partial charge in [0.15, 0.2) is 11.6 Å². The topological polar surface area (TPSA) is 91.2 Å². The summed E-state index contributed by atoms with van der Waals surface area (Å²) in [5.41, 5.74) is 1.43. The van der Waals surface area contributed by atoms with Gasteiger partial charge >= 0.3 is 0 Å². The average molecular weight is 389 g/mol. The van der Waals surface area contributed by atoms with Gasteiger partial charge in [-0.1, -0.05) is 0 Å². The Hall–Kier alpha value is -2.39. The first-order valence-corrected chi connectivity index (χ1v) is 10.00. The van der Waals surface area contributed by atoms with Gasteiger partial charge in [0.05, 0.1) is 34.8 Å². The first kappa shape index (κ1) is 18.0. The van der Waals surface area contributed by atoms with Crippen LogP contribution in [0.25, 0.3) is 0 Å². The van der Waals surface area contributed by atoms with Crippen LogP contribution in [0.2, 0.25) is 0 Å². The van der Waals surface area contributed by atoms with Crippen LogP contribution < -0.4 is 10.2 Å². The predicted octanol–water partition coefficient (Wildman–Crippen LogP) is 2.83. The fourth-order valence-electron chi connectivity index (χ4n) is 3.41. The molecular formula is C18H20FN5O2S. The molecule has 2 N–H and O–H groups in total. The zero-order chi connectivity index (χ0) is 18.9. The van der Waals surface area contributed by atoms with Crippen LogP contribution >= 0.6 is 0 Å². The van der Waals surface area contributed by atoms with Crippen LogP contribution in [0.4, 0.5) is 21.8 Å². The van der Waals surface area contributed by atoms with Crippen molar-refractivity contribution in [1.29, 1.82) is 5.41 Å². The molecule has 2 heterocycles. The lowest BCUT2D eigenvalue weighted by Gasteiger charge is -2.48. The van der Waals surface area contributed by atoms with E-state index < -0.39 is 16.6 Å². The minimum absolute atomic E-state index is 0.149. The fraction of sp³-hybridized carbons (Fsp3) is 0.389. The normalized spacial score (nSPS) is 19.4. The number of anilines is 3. The van der Waals surface area contributed by atoms with Gasteiger partial charge in [-0.2, -0.15) is 4.98 Å². The number of benzene rings is 1. The molecule has 27 heavy (non-hydrogen) atoms. The monoisotopic (exact) mass is 389 g/mol. The molecule has 2 aromatic rings. The maximum atomic E-state index is 14.4. The van der Waals surface area contributed by atoms with Crippen LogP contribution in [0.5, 0.6) is 0 Å². The van der Waals surface area contributed by atoms with Crippen molar-refractivity contribution in [2.45, 2.75) is 29.8 Å². The van der Waals surface area contributed by atoms with Crippen molar-refractivity contribution in [3.8, 4) is 0 Å². The van der Waals surface area contributed by atoms with Crippen molar-refractivity contribution in [3.63, 3.8) is 0 Å². The number of aromatic nitrogens is 2. The van der Waals surface area contributed by atoms with Gasteiger partial charge in [0, 0.05) is 23.7 Å². The molecule has 1 atom stereocenters. The highest BCUT2D eigenvalue weighted by Crippen LogP contribution is 2.39. The molecule has 1 aromatic carbocycles. The Balaban J connectivity index is 1.52. The third-order valence-electron chi connectivity index (χ3n) is 4.99. The summed E-state index contributed by atoms with van der Waals surface area (Å²) in [5, 5.41) is 10.1. The van der Waals surface area contributed by atoms with E-state index in [9.17, 15) is 8.60 Å². The Morgan fingerprint density at radius 1 is 1.33 bits per heavy atom. The number of hydrogen-bond acceptors (Lipinski definition) is 7. The lowest BCUT2D eigenvalue weighted by molar-refractivity contribution is -0.107. The molecule has 9 heteroatoms. The predicted molar refractivity (Wildman–Crippen MR) is 102 cm³/mol. The molecule has 1 aromatic heterocycles. The fourth-order valence-corrected chi connectivity index (χ4v) is 3.95. The molecule has 1 saturated carbocycles. The number of halogens is 1. The second-order valence-electron chi connectivity index (χ2n) is 6.74. The van der Waals surface area contributed by atoms with Crippen LogP contribution in [0.1, 0.15) is 19.3 Å². The highest BCUT2D eigenvalue weighted by Gasteiger charge is 2.42. The van der Waals surface area contributed by atoms with Crippen molar-refractivity contribution in [3.05, 3.63) is 36.3 Å². The molecule has 7 nitrogen and oxygen atoms in total. The molecule has 1 saturated heterocycles. The van der Waals surface area contributed by atoms with Gasteiger partial charge in [0.1, 0.15) is 0 Å². The molecule has 0 bridgehead atoms. The van der Waals surface area contributed by atoms with Gasteiger partial charge in [0.25, 0.3) is 0 Å². The first-order valence-electron chi connectivity index (χ1n) is 8.78. The van der Waals surface area contributed by atoms with Crippen molar-refractivity contribution >= 4 is 33.8 Å². The van der Waals surface area contributed by atoms with Crippen molar-refractivity contribution < 1.29 is 13.3 Å². The van der Waals surface area contributed by atoms with Gasteiger partial charge < -0.3 is 15.0 Å². The minimum Gasteiger partial charge on any atom is -0.371 e. The third kappa shape index (κ3) is 3.70. The minimum atomic E-state index is -1.44. The van der Waals surface area contributed by atoms with Crippen LogP contribution in [-0.2, 0) is 15.5 Å². The first-order chi connectivity index (χ1) is 13.1. The number of nitrogens with one attached hydrogen (secondary N) is 2. The van der Waals surface area contributed by atoms with E-state index in [-0.39, 0.29) is 11.4 Å². The van der Waals surface area contributed by atoms with Crippen molar-refractivity contribution in [2.24, 2.45) is 0 Å². The second-order valence-corrected chi connectivity index (χ2v) is 8.04. The molecule has 1 spiro atoms. The summed E-state index contributed by atoms with van der Waals surface area (Å²) in [6.07, 6.45) is 4.33. The summed E-state index contributed by atoms with van der Waals surface area (Å²) >= 11 is 0. The smallest absolute Gasteiger partial charge is 0.229 e. The summed E-state index contributed by atoms with van der Waals surface area (Å²) in [4.78, 5) is 10.9. The standard InChI is InChI=1S/C18H20FN5O2S/c19-15-10-21-17(22-13-2-4-14(5-3-13)27(25)12-20)23-16(15)24-8-9-26-18(11-24)6-1-7-18/h2-5,10,12,20H,1,6-9,11H2,(H,21,22,23). The molecule has 1 aliphatic heterocycles. The van der Waals surface area contributed by atoms with Crippen LogP contribution in [0.15, 0.2) is 35.4 Å². The molecule has 1 aliphatic carbocycles. The number of morpholine rings is 1. The summed E-state index contributed by atoms with van der Waals surface area (Å²) in [6.45, 7) is 1.81.